The van der Waals surface area contributed by atoms with E-state index in [1.807, 2.05) is 26.0 Å². The van der Waals surface area contributed by atoms with E-state index >= 15 is 0 Å². The summed E-state index contributed by atoms with van der Waals surface area (Å²) in [4.78, 5) is 3.98. The maximum absolute atomic E-state index is 11.1. The Morgan fingerprint density at radius 1 is 1.23 bits per heavy atom. The number of benzene rings is 1. The Bertz CT molecular complexity index is 743. The van der Waals surface area contributed by atoms with E-state index < -0.39 is 10.0 Å². The summed E-state index contributed by atoms with van der Waals surface area (Å²) in [6.07, 6.45) is 1.22. The van der Waals surface area contributed by atoms with Crippen LogP contribution in [0.3, 0.4) is 0 Å². The Morgan fingerprint density at radius 2 is 2.00 bits per heavy atom. The van der Waals surface area contributed by atoms with Crippen LogP contribution in [0.15, 0.2) is 41.4 Å². The van der Waals surface area contributed by atoms with Crippen molar-refractivity contribution in [3.05, 3.63) is 47.7 Å². The fourth-order valence-electron chi connectivity index (χ4n) is 1.95. The molecule has 6 nitrogen and oxygen atoms in total. The lowest BCUT2D eigenvalue weighted by Crippen LogP contribution is -2.14. The molecule has 0 atom stereocenters. The monoisotopic (exact) mass is 321 g/mol. The van der Waals surface area contributed by atoms with Gasteiger partial charge in [-0.05, 0) is 37.6 Å². The SMILES string of the molecule is Cc1ccc(OCCNc2ccc(S(N)(=O)=O)cn2)c(C)c1. The summed E-state index contributed by atoms with van der Waals surface area (Å²) >= 11 is 0. The van der Waals surface area contributed by atoms with Gasteiger partial charge in [-0.1, -0.05) is 17.7 Å². The standard InChI is InChI=1S/C15H19N3O3S/c1-11-3-5-14(12(2)9-11)21-8-7-17-15-6-4-13(10-18-15)22(16,19)20/h3-6,9-10H,7-8H2,1-2H3,(H,17,18)(H2,16,19,20). The lowest BCUT2D eigenvalue weighted by molar-refractivity contribution is 0.330. The summed E-state index contributed by atoms with van der Waals surface area (Å²) in [7, 11) is -3.70. The second-order valence-corrected chi connectivity index (χ2v) is 6.53. The molecule has 0 unspecified atom stereocenters. The molecule has 3 N–H and O–H groups in total. The fraction of sp³-hybridized carbons (Fsp3) is 0.267. The number of nitrogens with one attached hydrogen (secondary N) is 1. The summed E-state index contributed by atoms with van der Waals surface area (Å²) in [6, 6.07) is 9.00. The number of nitrogens with two attached hydrogens (primary N) is 1. The molecule has 0 aliphatic carbocycles. The Labute approximate surface area is 130 Å². The van der Waals surface area contributed by atoms with E-state index in [9.17, 15) is 8.42 Å². The first kappa shape index (κ1) is 16.3. The molecule has 0 fully saturated rings. The Kier molecular flexibility index (Phi) is 4.99. The highest BCUT2D eigenvalue weighted by molar-refractivity contribution is 7.89. The minimum Gasteiger partial charge on any atom is -0.491 e. The average molecular weight is 321 g/mol. The predicted octanol–water partition coefficient (Wildman–Crippen LogP) is 1.84. The van der Waals surface area contributed by atoms with Crippen molar-refractivity contribution >= 4 is 15.8 Å². The van der Waals surface area contributed by atoms with Crippen LogP contribution in [0.4, 0.5) is 5.82 Å². The molecule has 2 aromatic rings. The van der Waals surface area contributed by atoms with Gasteiger partial charge in [0.15, 0.2) is 0 Å². The minimum absolute atomic E-state index is 0.00965. The molecule has 22 heavy (non-hydrogen) atoms. The normalized spacial score (nSPS) is 11.2. The lowest BCUT2D eigenvalue weighted by Gasteiger charge is -2.11. The van der Waals surface area contributed by atoms with Crippen molar-refractivity contribution in [1.82, 2.24) is 4.98 Å². The smallest absolute Gasteiger partial charge is 0.239 e. The van der Waals surface area contributed by atoms with Gasteiger partial charge in [-0.2, -0.15) is 0 Å². The molecule has 2 rings (SSSR count). The molecule has 0 saturated heterocycles. The molecule has 118 valence electrons. The highest BCUT2D eigenvalue weighted by atomic mass is 32.2. The number of hydrogen-bond donors (Lipinski definition) is 2. The molecule has 0 saturated carbocycles. The van der Waals surface area contributed by atoms with Crippen LogP contribution in [-0.4, -0.2) is 26.6 Å². The van der Waals surface area contributed by atoms with E-state index in [1.54, 1.807) is 6.07 Å². The third-order valence-corrected chi connectivity index (χ3v) is 3.96. The molecule has 0 bridgehead atoms. The van der Waals surface area contributed by atoms with Gasteiger partial charge in [0.05, 0.1) is 6.54 Å². The Morgan fingerprint density at radius 3 is 2.59 bits per heavy atom. The molecule has 1 heterocycles. The molecule has 0 amide bonds. The van der Waals surface area contributed by atoms with Crippen LogP contribution in [0.25, 0.3) is 0 Å². The average Bonchev–Trinajstić information content (AvgIpc) is 2.45. The number of ether oxygens (including phenoxy) is 1. The van der Waals surface area contributed by atoms with Crippen LogP contribution < -0.4 is 15.2 Å². The first-order chi connectivity index (χ1) is 10.4. The molecule has 1 aromatic carbocycles. The summed E-state index contributed by atoms with van der Waals surface area (Å²) in [6.45, 7) is 5.07. The molecular formula is C15H19N3O3S. The molecule has 1 aromatic heterocycles. The van der Waals surface area contributed by atoms with Gasteiger partial charge in [-0.25, -0.2) is 18.5 Å². The molecule has 0 radical (unpaired) electrons. The van der Waals surface area contributed by atoms with Gasteiger partial charge in [0, 0.05) is 6.20 Å². The summed E-state index contributed by atoms with van der Waals surface area (Å²) in [5.41, 5.74) is 2.29. The van der Waals surface area contributed by atoms with Crippen molar-refractivity contribution in [1.29, 1.82) is 0 Å². The topological polar surface area (TPSA) is 94.3 Å². The third-order valence-electron chi connectivity index (χ3n) is 3.06. The van der Waals surface area contributed by atoms with Crippen molar-refractivity contribution < 1.29 is 13.2 Å². The van der Waals surface area contributed by atoms with Crippen molar-refractivity contribution in [2.45, 2.75) is 18.7 Å². The second kappa shape index (κ2) is 6.76. The molecule has 7 heteroatoms. The number of primary sulfonamides is 1. The van der Waals surface area contributed by atoms with Gasteiger partial charge in [-0.15, -0.1) is 0 Å². The first-order valence-corrected chi connectivity index (χ1v) is 8.34. The van der Waals surface area contributed by atoms with Crippen LogP contribution in [0.1, 0.15) is 11.1 Å². The lowest BCUT2D eigenvalue weighted by atomic mass is 10.1. The summed E-state index contributed by atoms with van der Waals surface area (Å²) in [5.74, 6) is 1.42. The number of pyridine rings is 1. The Hall–Kier alpha value is -2.12. The van der Waals surface area contributed by atoms with Crippen molar-refractivity contribution in [2.24, 2.45) is 5.14 Å². The van der Waals surface area contributed by atoms with E-state index in [1.165, 1.54) is 17.8 Å². The van der Waals surface area contributed by atoms with Crippen LogP contribution in [0.5, 0.6) is 5.75 Å². The van der Waals surface area contributed by atoms with Crippen LogP contribution in [0, 0.1) is 13.8 Å². The van der Waals surface area contributed by atoms with Gasteiger partial charge in [0.25, 0.3) is 0 Å². The van der Waals surface area contributed by atoms with E-state index in [2.05, 4.69) is 16.4 Å². The number of rotatable bonds is 6. The van der Waals surface area contributed by atoms with Crippen molar-refractivity contribution in [3.8, 4) is 5.75 Å². The highest BCUT2D eigenvalue weighted by Gasteiger charge is 2.07. The van der Waals surface area contributed by atoms with Crippen LogP contribution in [-0.2, 0) is 10.0 Å². The van der Waals surface area contributed by atoms with Gasteiger partial charge >= 0.3 is 0 Å². The molecule has 0 spiro atoms. The summed E-state index contributed by atoms with van der Waals surface area (Å²) in [5, 5.41) is 8.06. The van der Waals surface area contributed by atoms with Crippen LogP contribution >= 0.6 is 0 Å². The number of aryl methyl sites for hydroxylation is 2. The minimum atomic E-state index is -3.70. The Balaban J connectivity index is 1.84. The first-order valence-electron chi connectivity index (χ1n) is 6.79. The van der Waals surface area contributed by atoms with E-state index in [0.717, 1.165) is 11.3 Å². The zero-order valence-electron chi connectivity index (χ0n) is 12.5. The number of nitrogens with zero attached hydrogens (tertiary/aromatic N) is 1. The second-order valence-electron chi connectivity index (χ2n) is 4.97. The van der Waals surface area contributed by atoms with E-state index in [-0.39, 0.29) is 4.90 Å². The van der Waals surface area contributed by atoms with Crippen LogP contribution in [0.2, 0.25) is 0 Å². The zero-order valence-corrected chi connectivity index (χ0v) is 13.4. The number of sulfonamides is 1. The van der Waals surface area contributed by atoms with Gasteiger partial charge in [0.1, 0.15) is 23.1 Å². The molecule has 0 aliphatic rings. The van der Waals surface area contributed by atoms with Gasteiger partial charge < -0.3 is 10.1 Å². The summed E-state index contributed by atoms with van der Waals surface area (Å²) < 4.78 is 27.9. The largest absolute Gasteiger partial charge is 0.491 e. The van der Waals surface area contributed by atoms with E-state index in [0.29, 0.717) is 19.0 Å². The fourth-order valence-corrected chi connectivity index (χ4v) is 2.41. The number of anilines is 1. The van der Waals surface area contributed by atoms with Crippen molar-refractivity contribution in [2.75, 3.05) is 18.5 Å². The zero-order chi connectivity index (χ0) is 16.2. The third kappa shape index (κ3) is 4.44. The van der Waals surface area contributed by atoms with Gasteiger partial charge in [0.2, 0.25) is 10.0 Å². The number of hydrogen-bond acceptors (Lipinski definition) is 5. The maximum Gasteiger partial charge on any atom is 0.239 e. The molecule has 0 aliphatic heterocycles. The van der Waals surface area contributed by atoms with E-state index in [4.69, 9.17) is 9.88 Å². The maximum atomic E-state index is 11.1. The predicted molar refractivity (Wildman–Crippen MR) is 85.5 cm³/mol. The highest BCUT2D eigenvalue weighted by Crippen LogP contribution is 2.18. The molecular weight excluding hydrogens is 302 g/mol. The number of aromatic nitrogens is 1. The van der Waals surface area contributed by atoms with Gasteiger partial charge in [-0.3, -0.25) is 0 Å². The quantitative estimate of drug-likeness (QED) is 0.792. The van der Waals surface area contributed by atoms with Crippen molar-refractivity contribution in [3.63, 3.8) is 0 Å².